The van der Waals surface area contributed by atoms with Crippen LogP contribution in [0.15, 0.2) is 29.2 Å². The summed E-state index contributed by atoms with van der Waals surface area (Å²) in [7, 11) is 0. The summed E-state index contributed by atoms with van der Waals surface area (Å²) in [6.45, 7) is 0.509. The molecule has 1 aliphatic rings. The van der Waals surface area contributed by atoms with E-state index in [4.69, 9.17) is 0 Å². The molecule has 0 bridgehead atoms. The Morgan fingerprint density at radius 2 is 2.30 bits per heavy atom. The normalized spacial score (nSPS) is 18.9. The zero-order valence-electron chi connectivity index (χ0n) is 11.0. The fraction of sp³-hybridized carbons (Fsp3) is 0.462. The highest BCUT2D eigenvalue weighted by Gasteiger charge is 2.28. The van der Waals surface area contributed by atoms with Crippen molar-refractivity contribution in [2.24, 2.45) is 0 Å². The van der Waals surface area contributed by atoms with Crippen LogP contribution in [0.3, 0.4) is 0 Å². The van der Waals surface area contributed by atoms with Gasteiger partial charge < -0.3 is 10.0 Å². The van der Waals surface area contributed by atoms with Crippen molar-refractivity contribution in [3.8, 4) is 0 Å². The second-order valence-electron chi connectivity index (χ2n) is 4.93. The fourth-order valence-corrected chi connectivity index (χ4v) is 2.64. The van der Waals surface area contributed by atoms with Crippen molar-refractivity contribution >= 4 is 11.6 Å². The Balaban J connectivity index is 1.84. The third-order valence-corrected chi connectivity index (χ3v) is 3.68. The molecule has 0 radical (unpaired) electrons. The number of pyridine rings is 1. The molecule has 0 saturated carbocycles. The number of aromatic nitrogens is 3. The van der Waals surface area contributed by atoms with Gasteiger partial charge in [-0.2, -0.15) is 0 Å². The first kappa shape index (κ1) is 12.9. The van der Waals surface area contributed by atoms with Gasteiger partial charge in [-0.25, -0.2) is 9.48 Å². The molecule has 3 rings (SSSR count). The maximum absolute atomic E-state index is 12.2. The highest BCUT2D eigenvalue weighted by atomic mass is 16.3. The van der Waals surface area contributed by atoms with E-state index in [9.17, 15) is 14.7 Å². The molecule has 1 amide bonds. The number of fused-ring (bicyclic) bond motifs is 1. The van der Waals surface area contributed by atoms with E-state index in [1.165, 1.54) is 9.08 Å². The molecular formula is C13H16N4O3. The number of aliphatic hydroxyl groups is 1. The van der Waals surface area contributed by atoms with Crippen molar-refractivity contribution in [2.45, 2.75) is 25.4 Å². The van der Waals surface area contributed by atoms with E-state index in [0.717, 1.165) is 12.8 Å². The van der Waals surface area contributed by atoms with Gasteiger partial charge in [0.2, 0.25) is 5.91 Å². The van der Waals surface area contributed by atoms with Gasteiger partial charge in [0.15, 0.2) is 5.65 Å². The van der Waals surface area contributed by atoms with E-state index in [1.54, 1.807) is 29.3 Å². The second-order valence-corrected chi connectivity index (χ2v) is 4.93. The van der Waals surface area contributed by atoms with E-state index in [2.05, 4.69) is 5.10 Å². The first-order chi connectivity index (χ1) is 9.70. The van der Waals surface area contributed by atoms with Gasteiger partial charge in [0, 0.05) is 12.7 Å². The molecule has 2 aromatic rings. The maximum atomic E-state index is 12.2. The van der Waals surface area contributed by atoms with E-state index in [1.807, 2.05) is 0 Å². The van der Waals surface area contributed by atoms with Gasteiger partial charge in [-0.3, -0.25) is 9.20 Å². The predicted octanol–water partition coefficient (Wildman–Crippen LogP) is -0.521. The van der Waals surface area contributed by atoms with E-state index in [0.29, 0.717) is 12.2 Å². The number of hydrogen-bond donors (Lipinski definition) is 1. The molecule has 0 spiro atoms. The van der Waals surface area contributed by atoms with Gasteiger partial charge in [0.05, 0.1) is 12.6 Å². The van der Waals surface area contributed by atoms with Crippen LogP contribution in [0, 0.1) is 0 Å². The first-order valence-electron chi connectivity index (χ1n) is 6.65. The van der Waals surface area contributed by atoms with Crippen LogP contribution in [0.25, 0.3) is 5.65 Å². The Kier molecular flexibility index (Phi) is 3.27. The summed E-state index contributed by atoms with van der Waals surface area (Å²) in [6, 6.07) is 5.12. The number of hydrogen-bond acceptors (Lipinski definition) is 4. The lowest BCUT2D eigenvalue weighted by Crippen LogP contribution is -2.41. The van der Waals surface area contributed by atoms with Crippen LogP contribution in [0.2, 0.25) is 0 Å². The monoisotopic (exact) mass is 276 g/mol. The minimum atomic E-state index is -0.325. The van der Waals surface area contributed by atoms with Gasteiger partial charge in [-0.1, -0.05) is 6.07 Å². The molecule has 0 unspecified atom stereocenters. The van der Waals surface area contributed by atoms with Gasteiger partial charge >= 0.3 is 5.69 Å². The number of amides is 1. The molecule has 1 N–H and O–H groups in total. The molecule has 3 heterocycles. The third-order valence-electron chi connectivity index (χ3n) is 3.68. The first-order valence-corrected chi connectivity index (χ1v) is 6.65. The summed E-state index contributed by atoms with van der Waals surface area (Å²) >= 11 is 0. The quantitative estimate of drug-likeness (QED) is 0.818. The summed E-state index contributed by atoms with van der Waals surface area (Å²) in [5, 5.41) is 13.4. The zero-order chi connectivity index (χ0) is 14.1. The lowest BCUT2D eigenvalue weighted by atomic mass is 10.2. The van der Waals surface area contributed by atoms with Crippen molar-refractivity contribution < 1.29 is 9.90 Å². The topological polar surface area (TPSA) is 79.8 Å². The van der Waals surface area contributed by atoms with Crippen LogP contribution >= 0.6 is 0 Å². The Bertz CT molecular complexity index is 690. The highest BCUT2D eigenvalue weighted by Crippen LogP contribution is 2.16. The third kappa shape index (κ3) is 2.09. The van der Waals surface area contributed by atoms with Crippen molar-refractivity contribution in [1.29, 1.82) is 0 Å². The number of nitrogens with zero attached hydrogens (tertiary/aromatic N) is 4. The van der Waals surface area contributed by atoms with Crippen LogP contribution in [-0.4, -0.2) is 49.3 Å². The molecule has 1 aliphatic heterocycles. The summed E-state index contributed by atoms with van der Waals surface area (Å²) < 4.78 is 2.57. The molecular weight excluding hydrogens is 260 g/mol. The fourth-order valence-electron chi connectivity index (χ4n) is 2.64. The lowest BCUT2D eigenvalue weighted by Gasteiger charge is -2.22. The smallest absolute Gasteiger partial charge is 0.350 e. The van der Waals surface area contributed by atoms with Crippen molar-refractivity contribution in [1.82, 2.24) is 19.1 Å². The molecule has 0 aliphatic carbocycles. The molecule has 7 heteroatoms. The van der Waals surface area contributed by atoms with Crippen LogP contribution in [0.1, 0.15) is 12.8 Å². The van der Waals surface area contributed by atoms with Crippen LogP contribution in [0.5, 0.6) is 0 Å². The number of aliphatic hydroxyl groups excluding tert-OH is 1. The molecule has 1 saturated heterocycles. The SMILES string of the molecule is O=C(Cn1nc2ccccn2c1=O)N1CCC[C@H]1CO. The van der Waals surface area contributed by atoms with Gasteiger partial charge in [-0.15, -0.1) is 5.10 Å². The van der Waals surface area contributed by atoms with Crippen LogP contribution < -0.4 is 5.69 Å². The van der Waals surface area contributed by atoms with E-state index >= 15 is 0 Å². The summed E-state index contributed by atoms with van der Waals surface area (Å²) in [5.74, 6) is -0.174. The number of rotatable bonds is 3. The average molecular weight is 276 g/mol. The number of likely N-dealkylation sites (tertiary alicyclic amines) is 1. The van der Waals surface area contributed by atoms with Crippen molar-refractivity contribution in [3.63, 3.8) is 0 Å². The zero-order valence-corrected chi connectivity index (χ0v) is 11.0. The highest BCUT2D eigenvalue weighted by molar-refractivity contribution is 5.76. The minimum absolute atomic E-state index is 0.0359. The van der Waals surface area contributed by atoms with E-state index in [-0.39, 0.29) is 30.8 Å². The second kappa shape index (κ2) is 5.09. The van der Waals surface area contributed by atoms with Crippen molar-refractivity contribution in [3.05, 3.63) is 34.9 Å². The van der Waals surface area contributed by atoms with Gasteiger partial charge in [0.25, 0.3) is 0 Å². The molecule has 20 heavy (non-hydrogen) atoms. The van der Waals surface area contributed by atoms with Gasteiger partial charge in [0.1, 0.15) is 6.54 Å². The Morgan fingerprint density at radius 1 is 1.45 bits per heavy atom. The minimum Gasteiger partial charge on any atom is -0.394 e. The average Bonchev–Trinajstić information content (AvgIpc) is 3.05. The number of carbonyl (C=O) groups is 1. The summed E-state index contributed by atoms with van der Waals surface area (Å²) in [5.41, 5.74) is 0.194. The van der Waals surface area contributed by atoms with Crippen LogP contribution in [0.4, 0.5) is 0 Å². The predicted molar refractivity (Wildman–Crippen MR) is 71.3 cm³/mol. The lowest BCUT2D eigenvalue weighted by molar-refractivity contribution is -0.133. The van der Waals surface area contributed by atoms with Gasteiger partial charge in [-0.05, 0) is 25.0 Å². The van der Waals surface area contributed by atoms with E-state index < -0.39 is 0 Å². The summed E-state index contributed by atoms with van der Waals surface area (Å²) in [6.07, 6.45) is 3.32. The standard InChI is InChI=1S/C13H16N4O3/c18-9-10-4-3-7-15(10)12(19)8-17-13(20)16-6-2-1-5-11(16)14-17/h1-2,5-6,10,18H,3-4,7-9H2/t10-/m0/s1. The Morgan fingerprint density at radius 3 is 3.05 bits per heavy atom. The molecule has 7 nitrogen and oxygen atoms in total. The largest absolute Gasteiger partial charge is 0.394 e. The molecule has 1 fully saturated rings. The molecule has 1 atom stereocenters. The Hall–Kier alpha value is -2.15. The number of carbonyl (C=O) groups excluding carboxylic acids is 1. The molecule has 0 aromatic carbocycles. The van der Waals surface area contributed by atoms with Crippen molar-refractivity contribution in [2.75, 3.05) is 13.2 Å². The Labute approximate surface area is 115 Å². The molecule has 2 aromatic heterocycles. The maximum Gasteiger partial charge on any atom is 0.350 e. The van der Waals surface area contributed by atoms with Crippen LogP contribution in [-0.2, 0) is 11.3 Å². The summed E-state index contributed by atoms with van der Waals surface area (Å²) in [4.78, 5) is 25.9. The molecule has 106 valence electrons.